The number of nitrogens with zero attached hydrogens (tertiary/aromatic N) is 3. The van der Waals surface area contributed by atoms with Gasteiger partial charge in [-0.05, 0) is 45.4 Å². The zero-order valence-corrected chi connectivity index (χ0v) is 17.9. The Morgan fingerprint density at radius 1 is 1.17 bits per heavy atom. The van der Waals surface area contributed by atoms with Gasteiger partial charge >= 0.3 is 0 Å². The van der Waals surface area contributed by atoms with E-state index in [1.54, 1.807) is 43.1 Å². The van der Waals surface area contributed by atoms with Gasteiger partial charge in [0.05, 0.1) is 35.6 Å². The van der Waals surface area contributed by atoms with E-state index in [9.17, 15) is 9.59 Å². The summed E-state index contributed by atoms with van der Waals surface area (Å²) in [6.07, 6.45) is 4.06. The highest BCUT2D eigenvalue weighted by Crippen LogP contribution is 2.40. The van der Waals surface area contributed by atoms with Crippen molar-refractivity contribution in [1.82, 2.24) is 4.98 Å². The lowest BCUT2D eigenvalue weighted by molar-refractivity contribution is -0.137. The van der Waals surface area contributed by atoms with Crippen LogP contribution in [0.5, 0.6) is 5.75 Å². The second-order valence-corrected chi connectivity index (χ2v) is 7.78. The number of rotatable bonds is 7. The summed E-state index contributed by atoms with van der Waals surface area (Å²) in [7, 11) is 1.70. The van der Waals surface area contributed by atoms with E-state index in [-0.39, 0.29) is 11.8 Å². The number of fused-ring (bicyclic) bond motifs is 1. The summed E-state index contributed by atoms with van der Waals surface area (Å²) < 4.78 is 5.89. The highest BCUT2D eigenvalue weighted by molar-refractivity contribution is 6.20. The van der Waals surface area contributed by atoms with Crippen molar-refractivity contribution in [3.8, 4) is 5.75 Å². The number of carbonyl (C=O) groups excluding carboxylic acids is 2. The topological polar surface area (TPSA) is 101 Å². The molecule has 0 saturated carbocycles. The Morgan fingerprint density at radius 3 is 2.63 bits per heavy atom. The van der Waals surface area contributed by atoms with Crippen molar-refractivity contribution in [3.05, 3.63) is 36.7 Å². The van der Waals surface area contributed by atoms with Crippen LogP contribution in [-0.2, 0) is 9.59 Å². The molecule has 0 fully saturated rings. The van der Waals surface area contributed by atoms with Crippen molar-refractivity contribution in [1.29, 1.82) is 0 Å². The molecule has 8 nitrogen and oxygen atoms in total. The minimum atomic E-state index is -1.12. The summed E-state index contributed by atoms with van der Waals surface area (Å²) in [6.45, 7) is 6.92. The number of ether oxygens (including phenoxy) is 1. The summed E-state index contributed by atoms with van der Waals surface area (Å²) in [6, 6.07) is 7.32. The Balaban J connectivity index is 1.68. The predicted octanol–water partition coefficient (Wildman–Crippen LogP) is 2.90. The Kier molecular flexibility index (Phi) is 6.14. The molecule has 0 bridgehead atoms. The third kappa shape index (κ3) is 4.03. The quantitative estimate of drug-likeness (QED) is 0.537. The molecule has 2 amide bonds. The van der Waals surface area contributed by atoms with Crippen molar-refractivity contribution < 1.29 is 14.3 Å². The molecule has 0 unspecified atom stereocenters. The first-order chi connectivity index (χ1) is 14.3. The molecular formula is C22H29N5O3. The van der Waals surface area contributed by atoms with Crippen LogP contribution in [0.25, 0.3) is 0 Å². The molecule has 1 aliphatic heterocycles. The van der Waals surface area contributed by atoms with Crippen molar-refractivity contribution in [2.45, 2.75) is 27.2 Å². The first-order valence-electron chi connectivity index (χ1n) is 10.1. The van der Waals surface area contributed by atoms with Crippen LogP contribution < -0.4 is 25.6 Å². The van der Waals surface area contributed by atoms with Crippen LogP contribution in [0.2, 0.25) is 0 Å². The summed E-state index contributed by atoms with van der Waals surface area (Å²) in [5.74, 6) is 0.219. The van der Waals surface area contributed by atoms with Gasteiger partial charge in [-0.3, -0.25) is 14.6 Å². The molecule has 30 heavy (non-hydrogen) atoms. The number of carbonyl (C=O) groups is 2. The molecule has 0 atom stereocenters. The number of anilines is 4. The van der Waals surface area contributed by atoms with Crippen LogP contribution in [0.3, 0.4) is 0 Å². The fourth-order valence-corrected chi connectivity index (χ4v) is 3.52. The summed E-state index contributed by atoms with van der Waals surface area (Å²) >= 11 is 0. The molecule has 0 aliphatic carbocycles. The first kappa shape index (κ1) is 21.4. The molecule has 3 rings (SSSR count). The fourth-order valence-electron chi connectivity index (χ4n) is 3.52. The van der Waals surface area contributed by atoms with Crippen LogP contribution in [0.4, 0.5) is 22.7 Å². The molecule has 0 saturated heterocycles. The maximum absolute atomic E-state index is 12.9. The summed E-state index contributed by atoms with van der Waals surface area (Å²) in [4.78, 5) is 33.0. The van der Waals surface area contributed by atoms with E-state index in [2.05, 4.69) is 10.3 Å². The number of hydrogen-bond acceptors (Lipinski definition) is 6. The molecule has 2 aromatic rings. The van der Waals surface area contributed by atoms with Crippen LogP contribution >= 0.6 is 0 Å². The molecule has 2 heterocycles. The number of aromatic nitrogens is 1. The van der Waals surface area contributed by atoms with Gasteiger partial charge in [0.15, 0.2) is 0 Å². The molecule has 160 valence electrons. The number of nitrogens with one attached hydrogen (secondary N) is 1. The normalized spacial score (nSPS) is 15.6. The second kappa shape index (κ2) is 8.61. The molecule has 1 aromatic heterocycles. The van der Waals surface area contributed by atoms with E-state index in [1.165, 1.54) is 0 Å². The number of nitrogens with two attached hydrogens (primary N) is 1. The van der Waals surface area contributed by atoms with Gasteiger partial charge in [-0.15, -0.1) is 0 Å². The number of benzene rings is 1. The van der Waals surface area contributed by atoms with Crippen LogP contribution in [0.15, 0.2) is 36.7 Å². The SMILES string of the molecule is CCN1C(=O)C(C)(C)C(=O)N(C)c2cc(OCCCNc3ccncc3N)ccc21. The standard InChI is InChI=1S/C22H29N5O3/c1-5-27-18-8-7-15(13-19(18)26(4)20(28)22(2,3)21(27)29)30-12-6-10-25-17-9-11-24-14-16(17)23/h7-9,11,13-14H,5-6,10,12,23H2,1-4H3,(H,24,25). The van der Waals surface area contributed by atoms with Gasteiger partial charge < -0.3 is 25.6 Å². The van der Waals surface area contributed by atoms with Crippen molar-refractivity contribution in [3.63, 3.8) is 0 Å². The largest absolute Gasteiger partial charge is 0.493 e. The monoisotopic (exact) mass is 411 g/mol. The zero-order chi connectivity index (χ0) is 21.9. The van der Waals surface area contributed by atoms with Crippen molar-refractivity contribution in [2.75, 3.05) is 47.6 Å². The number of pyridine rings is 1. The maximum Gasteiger partial charge on any atom is 0.242 e. The van der Waals surface area contributed by atoms with Gasteiger partial charge in [0, 0.05) is 32.4 Å². The lowest BCUT2D eigenvalue weighted by Gasteiger charge is -2.27. The van der Waals surface area contributed by atoms with E-state index in [0.29, 0.717) is 42.5 Å². The van der Waals surface area contributed by atoms with E-state index >= 15 is 0 Å². The molecule has 1 aliphatic rings. The highest BCUT2D eigenvalue weighted by Gasteiger charge is 2.45. The Bertz CT molecular complexity index is 944. The van der Waals surface area contributed by atoms with Gasteiger partial charge in [0.2, 0.25) is 11.8 Å². The molecule has 1 aromatic carbocycles. The first-order valence-corrected chi connectivity index (χ1v) is 10.1. The minimum absolute atomic E-state index is 0.198. The van der Waals surface area contributed by atoms with Crippen LogP contribution in [0.1, 0.15) is 27.2 Å². The Morgan fingerprint density at radius 2 is 1.93 bits per heavy atom. The van der Waals surface area contributed by atoms with Gasteiger partial charge in [-0.25, -0.2) is 0 Å². The van der Waals surface area contributed by atoms with E-state index in [1.807, 2.05) is 31.2 Å². The number of amides is 2. The predicted molar refractivity (Wildman–Crippen MR) is 119 cm³/mol. The third-order valence-corrected chi connectivity index (χ3v) is 5.29. The van der Waals surface area contributed by atoms with Crippen molar-refractivity contribution >= 4 is 34.6 Å². The molecule has 3 N–H and O–H groups in total. The maximum atomic E-state index is 12.9. The molecule has 0 radical (unpaired) electrons. The van der Waals surface area contributed by atoms with Gasteiger partial charge in [-0.2, -0.15) is 0 Å². The van der Waals surface area contributed by atoms with Gasteiger partial charge in [0.1, 0.15) is 11.2 Å². The van der Waals surface area contributed by atoms with E-state index in [0.717, 1.165) is 12.1 Å². The average Bonchev–Trinajstić information content (AvgIpc) is 2.78. The van der Waals surface area contributed by atoms with Gasteiger partial charge in [-0.1, -0.05) is 0 Å². The van der Waals surface area contributed by atoms with Crippen LogP contribution in [0, 0.1) is 5.41 Å². The number of hydrogen-bond donors (Lipinski definition) is 2. The summed E-state index contributed by atoms with van der Waals surface area (Å²) in [5.41, 5.74) is 7.58. The summed E-state index contributed by atoms with van der Waals surface area (Å²) in [5, 5.41) is 3.26. The minimum Gasteiger partial charge on any atom is -0.493 e. The third-order valence-electron chi connectivity index (χ3n) is 5.29. The highest BCUT2D eigenvalue weighted by atomic mass is 16.5. The average molecular weight is 412 g/mol. The van der Waals surface area contributed by atoms with Crippen molar-refractivity contribution in [2.24, 2.45) is 5.41 Å². The van der Waals surface area contributed by atoms with Gasteiger partial charge in [0.25, 0.3) is 0 Å². The molecule has 0 spiro atoms. The number of nitrogen functional groups attached to an aromatic ring is 1. The lowest BCUT2D eigenvalue weighted by atomic mass is 9.90. The Labute approximate surface area is 177 Å². The smallest absolute Gasteiger partial charge is 0.242 e. The molecular weight excluding hydrogens is 382 g/mol. The van der Waals surface area contributed by atoms with E-state index in [4.69, 9.17) is 10.5 Å². The van der Waals surface area contributed by atoms with E-state index < -0.39 is 5.41 Å². The molecule has 8 heteroatoms. The van der Waals surface area contributed by atoms with Crippen LogP contribution in [-0.4, -0.2) is 43.5 Å². The second-order valence-electron chi connectivity index (χ2n) is 7.78. The zero-order valence-electron chi connectivity index (χ0n) is 17.9. The Hall–Kier alpha value is -3.29. The fraction of sp³-hybridized carbons (Fsp3) is 0.409. The lowest BCUT2D eigenvalue weighted by Crippen LogP contribution is -2.47.